The fraction of sp³-hybridized carbons (Fsp3) is 0.286. The quantitative estimate of drug-likeness (QED) is 0.917. The molecule has 1 aromatic heterocycles. The molecule has 0 aliphatic carbocycles. The first-order chi connectivity index (χ1) is 8.66. The van der Waals surface area contributed by atoms with Gasteiger partial charge in [-0.3, -0.25) is 0 Å². The second-order valence-corrected chi connectivity index (χ2v) is 5.14. The van der Waals surface area contributed by atoms with E-state index in [1.165, 1.54) is 0 Å². The standard InChI is InChI=1S/C14H16BrNO2/c1-10(16)14(11-4-2-5-12(15)8-11)18-9-13-6-3-7-17-13/h2-8,10,14H,9,16H2,1H3. The average molecular weight is 310 g/mol. The first-order valence-corrected chi connectivity index (χ1v) is 6.61. The Morgan fingerprint density at radius 2 is 2.17 bits per heavy atom. The Balaban J connectivity index is 2.08. The molecule has 0 aliphatic rings. The molecule has 2 rings (SSSR count). The van der Waals surface area contributed by atoms with Crippen molar-refractivity contribution in [1.29, 1.82) is 0 Å². The number of benzene rings is 1. The van der Waals surface area contributed by atoms with Gasteiger partial charge in [0.1, 0.15) is 12.4 Å². The van der Waals surface area contributed by atoms with Crippen molar-refractivity contribution in [2.75, 3.05) is 0 Å². The Morgan fingerprint density at radius 3 is 2.78 bits per heavy atom. The third-order valence-electron chi connectivity index (χ3n) is 2.64. The Kier molecular flexibility index (Phi) is 4.58. The summed E-state index contributed by atoms with van der Waals surface area (Å²) >= 11 is 3.45. The number of rotatable bonds is 5. The molecule has 3 nitrogen and oxygen atoms in total. The van der Waals surface area contributed by atoms with Crippen LogP contribution in [0.3, 0.4) is 0 Å². The molecule has 0 radical (unpaired) electrons. The normalized spacial score (nSPS) is 14.4. The van der Waals surface area contributed by atoms with Crippen LogP contribution in [-0.2, 0) is 11.3 Å². The SMILES string of the molecule is CC(N)C(OCc1ccco1)c1cccc(Br)c1. The largest absolute Gasteiger partial charge is 0.467 e. The van der Waals surface area contributed by atoms with Gasteiger partial charge in [-0.2, -0.15) is 0 Å². The number of halogens is 1. The molecule has 0 fully saturated rings. The smallest absolute Gasteiger partial charge is 0.129 e. The molecular weight excluding hydrogens is 294 g/mol. The Hall–Kier alpha value is -1.10. The Bertz CT molecular complexity index is 482. The fourth-order valence-corrected chi connectivity index (χ4v) is 2.22. The average Bonchev–Trinajstić information content (AvgIpc) is 2.82. The predicted molar refractivity (Wildman–Crippen MR) is 74.0 cm³/mol. The molecule has 0 saturated carbocycles. The first-order valence-electron chi connectivity index (χ1n) is 5.82. The van der Waals surface area contributed by atoms with E-state index in [0.29, 0.717) is 6.61 Å². The van der Waals surface area contributed by atoms with Gasteiger partial charge in [0.05, 0.1) is 12.4 Å². The molecule has 96 valence electrons. The lowest BCUT2D eigenvalue weighted by Gasteiger charge is -2.21. The van der Waals surface area contributed by atoms with Gasteiger partial charge in [0, 0.05) is 10.5 Å². The molecule has 2 atom stereocenters. The van der Waals surface area contributed by atoms with Crippen molar-refractivity contribution in [2.24, 2.45) is 5.73 Å². The van der Waals surface area contributed by atoms with Crippen molar-refractivity contribution in [3.63, 3.8) is 0 Å². The van der Waals surface area contributed by atoms with Crippen LogP contribution in [0, 0.1) is 0 Å². The first kappa shape index (κ1) is 13.3. The number of hydrogen-bond acceptors (Lipinski definition) is 3. The minimum Gasteiger partial charge on any atom is -0.467 e. The molecule has 0 saturated heterocycles. The molecule has 2 N–H and O–H groups in total. The molecule has 0 bridgehead atoms. The third kappa shape index (κ3) is 3.45. The van der Waals surface area contributed by atoms with Crippen LogP contribution < -0.4 is 5.73 Å². The number of furan rings is 1. The van der Waals surface area contributed by atoms with Gasteiger partial charge in [0.2, 0.25) is 0 Å². The van der Waals surface area contributed by atoms with Gasteiger partial charge in [-0.1, -0.05) is 28.1 Å². The molecular formula is C14H16BrNO2. The van der Waals surface area contributed by atoms with Crippen LogP contribution in [0.25, 0.3) is 0 Å². The van der Waals surface area contributed by atoms with Gasteiger partial charge in [0.25, 0.3) is 0 Å². The molecule has 0 aliphatic heterocycles. The summed E-state index contributed by atoms with van der Waals surface area (Å²) in [6, 6.07) is 11.6. The van der Waals surface area contributed by atoms with E-state index in [1.54, 1.807) is 6.26 Å². The minimum atomic E-state index is -0.146. The molecule has 0 spiro atoms. The van der Waals surface area contributed by atoms with Gasteiger partial charge in [0.15, 0.2) is 0 Å². The summed E-state index contributed by atoms with van der Waals surface area (Å²) in [6.45, 7) is 2.36. The molecule has 2 unspecified atom stereocenters. The highest BCUT2D eigenvalue weighted by atomic mass is 79.9. The summed E-state index contributed by atoms with van der Waals surface area (Å²) < 4.78 is 12.1. The Morgan fingerprint density at radius 1 is 1.33 bits per heavy atom. The summed E-state index contributed by atoms with van der Waals surface area (Å²) in [4.78, 5) is 0. The summed E-state index contributed by atoms with van der Waals surface area (Å²) in [5, 5.41) is 0. The molecule has 2 aromatic rings. The zero-order chi connectivity index (χ0) is 13.0. The molecule has 1 heterocycles. The van der Waals surface area contributed by atoms with Crippen molar-refractivity contribution in [2.45, 2.75) is 25.7 Å². The monoisotopic (exact) mass is 309 g/mol. The highest BCUT2D eigenvalue weighted by Crippen LogP contribution is 2.24. The van der Waals surface area contributed by atoms with E-state index in [0.717, 1.165) is 15.8 Å². The molecule has 18 heavy (non-hydrogen) atoms. The number of hydrogen-bond donors (Lipinski definition) is 1. The van der Waals surface area contributed by atoms with E-state index < -0.39 is 0 Å². The Labute approximate surface area is 115 Å². The summed E-state index contributed by atoms with van der Waals surface area (Å²) in [7, 11) is 0. The van der Waals surface area contributed by atoms with Crippen molar-refractivity contribution < 1.29 is 9.15 Å². The lowest BCUT2D eigenvalue weighted by Crippen LogP contribution is -2.26. The lowest BCUT2D eigenvalue weighted by atomic mass is 10.0. The van der Waals surface area contributed by atoms with Crippen LogP contribution in [0.15, 0.2) is 51.6 Å². The highest BCUT2D eigenvalue weighted by molar-refractivity contribution is 9.10. The molecule has 4 heteroatoms. The van der Waals surface area contributed by atoms with Crippen molar-refractivity contribution in [1.82, 2.24) is 0 Å². The van der Waals surface area contributed by atoms with Gasteiger partial charge in [-0.25, -0.2) is 0 Å². The van der Waals surface area contributed by atoms with Crippen molar-refractivity contribution >= 4 is 15.9 Å². The molecule has 0 amide bonds. The summed E-state index contributed by atoms with van der Waals surface area (Å²) in [5.41, 5.74) is 7.05. The van der Waals surface area contributed by atoms with Gasteiger partial charge in [-0.15, -0.1) is 0 Å². The van der Waals surface area contributed by atoms with Crippen LogP contribution >= 0.6 is 15.9 Å². The maximum absolute atomic E-state index is 5.99. The summed E-state index contributed by atoms with van der Waals surface area (Å²) in [6.07, 6.45) is 1.49. The van der Waals surface area contributed by atoms with E-state index in [9.17, 15) is 0 Å². The van der Waals surface area contributed by atoms with Crippen LogP contribution in [0.1, 0.15) is 24.4 Å². The van der Waals surface area contributed by atoms with Crippen LogP contribution in [0.2, 0.25) is 0 Å². The molecule has 1 aromatic carbocycles. The van der Waals surface area contributed by atoms with Crippen LogP contribution in [-0.4, -0.2) is 6.04 Å². The predicted octanol–water partition coefficient (Wildman–Crippen LogP) is 3.65. The number of ether oxygens (including phenoxy) is 1. The van der Waals surface area contributed by atoms with Crippen LogP contribution in [0.4, 0.5) is 0 Å². The van der Waals surface area contributed by atoms with Gasteiger partial charge >= 0.3 is 0 Å². The second-order valence-electron chi connectivity index (χ2n) is 4.23. The van der Waals surface area contributed by atoms with E-state index in [4.69, 9.17) is 14.9 Å². The maximum Gasteiger partial charge on any atom is 0.129 e. The zero-order valence-electron chi connectivity index (χ0n) is 10.2. The van der Waals surface area contributed by atoms with Gasteiger partial charge < -0.3 is 14.9 Å². The minimum absolute atomic E-state index is 0.0886. The third-order valence-corrected chi connectivity index (χ3v) is 3.13. The topological polar surface area (TPSA) is 48.4 Å². The van der Waals surface area contributed by atoms with Crippen LogP contribution in [0.5, 0.6) is 0 Å². The fourth-order valence-electron chi connectivity index (χ4n) is 1.80. The highest BCUT2D eigenvalue weighted by Gasteiger charge is 2.17. The van der Waals surface area contributed by atoms with Crippen molar-refractivity contribution in [3.05, 3.63) is 58.5 Å². The van der Waals surface area contributed by atoms with E-state index in [2.05, 4.69) is 15.9 Å². The van der Waals surface area contributed by atoms with E-state index >= 15 is 0 Å². The number of nitrogens with two attached hydrogens (primary N) is 1. The second kappa shape index (κ2) is 6.18. The van der Waals surface area contributed by atoms with Crippen molar-refractivity contribution in [3.8, 4) is 0 Å². The van der Waals surface area contributed by atoms with Gasteiger partial charge in [-0.05, 0) is 36.8 Å². The zero-order valence-corrected chi connectivity index (χ0v) is 11.8. The summed E-state index contributed by atoms with van der Waals surface area (Å²) in [5.74, 6) is 0.802. The maximum atomic E-state index is 5.99. The lowest BCUT2D eigenvalue weighted by molar-refractivity contribution is 0.0169. The van der Waals surface area contributed by atoms with E-state index in [-0.39, 0.29) is 12.1 Å². The van der Waals surface area contributed by atoms with E-state index in [1.807, 2.05) is 43.3 Å².